The van der Waals surface area contributed by atoms with E-state index in [9.17, 15) is 8.42 Å². The molecule has 0 spiro atoms. The molecule has 6 heteroatoms. The molecular formula is C18H22N2O3S. The van der Waals surface area contributed by atoms with Gasteiger partial charge in [-0.25, -0.2) is 13.1 Å². The van der Waals surface area contributed by atoms with Crippen LogP contribution >= 0.6 is 0 Å². The van der Waals surface area contributed by atoms with Crippen LogP contribution in [0.5, 0.6) is 5.75 Å². The third kappa shape index (κ3) is 3.77. The standard InChI is InChI=1S/C18H22N2O3S/c1-2-23-15-7-5-8-16(12-15)24(21,22)20-13-18-17-9-4-3-6-14(17)10-11-19-18/h3-9,12,18-20H,2,10-11,13H2,1H3. The average Bonchev–Trinajstić information content (AvgIpc) is 2.60. The second-order valence-corrected chi connectivity index (χ2v) is 7.48. The van der Waals surface area contributed by atoms with Crippen LogP contribution in [0.15, 0.2) is 53.4 Å². The third-order valence-corrected chi connectivity index (χ3v) is 5.54. The van der Waals surface area contributed by atoms with Crippen molar-refractivity contribution in [1.29, 1.82) is 0 Å². The van der Waals surface area contributed by atoms with Crippen LogP contribution in [-0.4, -0.2) is 28.1 Å². The molecule has 0 saturated carbocycles. The molecule has 0 aliphatic carbocycles. The summed E-state index contributed by atoms with van der Waals surface area (Å²) in [7, 11) is -3.57. The van der Waals surface area contributed by atoms with Crippen molar-refractivity contribution < 1.29 is 13.2 Å². The zero-order valence-corrected chi connectivity index (χ0v) is 14.5. The SMILES string of the molecule is CCOc1cccc(S(=O)(=O)NCC2NCCc3ccccc32)c1. The second kappa shape index (κ2) is 7.34. The van der Waals surface area contributed by atoms with Gasteiger partial charge in [-0.05, 0) is 43.1 Å². The number of hydrogen-bond donors (Lipinski definition) is 2. The number of rotatable bonds is 6. The van der Waals surface area contributed by atoms with E-state index in [4.69, 9.17) is 4.74 Å². The van der Waals surface area contributed by atoms with Gasteiger partial charge in [-0.3, -0.25) is 0 Å². The molecule has 2 aromatic rings. The van der Waals surface area contributed by atoms with E-state index in [-0.39, 0.29) is 10.9 Å². The lowest BCUT2D eigenvalue weighted by molar-refractivity contribution is 0.339. The van der Waals surface area contributed by atoms with Crippen molar-refractivity contribution in [3.63, 3.8) is 0 Å². The van der Waals surface area contributed by atoms with Crippen molar-refractivity contribution in [2.75, 3.05) is 19.7 Å². The summed E-state index contributed by atoms with van der Waals surface area (Å²) in [5, 5.41) is 3.38. The first-order chi connectivity index (χ1) is 11.6. The van der Waals surface area contributed by atoms with E-state index in [1.54, 1.807) is 24.3 Å². The Balaban J connectivity index is 1.73. The van der Waals surface area contributed by atoms with Crippen molar-refractivity contribution in [1.82, 2.24) is 10.0 Å². The van der Waals surface area contributed by atoms with Gasteiger partial charge in [0.05, 0.1) is 11.5 Å². The van der Waals surface area contributed by atoms with Crippen LogP contribution in [0.1, 0.15) is 24.1 Å². The molecule has 5 nitrogen and oxygen atoms in total. The van der Waals surface area contributed by atoms with E-state index < -0.39 is 10.0 Å². The van der Waals surface area contributed by atoms with Crippen molar-refractivity contribution in [3.05, 3.63) is 59.7 Å². The minimum absolute atomic E-state index is 0.0141. The Hall–Kier alpha value is -1.89. The van der Waals surface area contributed by atoms with Gasteiger partial charge < -0.3 is 10.1 Å². The molecule has 0 radical (unpaired) electrons. The molecular weight excluding hydrogens is 324 g/mol. The summed E-state index contributed by atoms with van der Waals surface area (Å²) in [4.78, 5) is 0.220. The topological polar surface area (TPSA) is 67.4 Å². The van der Waals surface area contributed by atoms with Gasteiger partial charge in [0, 0.05) is 18.7 Å². The second-order valence-electron chi connectivity index (χ2n) is 5.72. The number of nitrogens with one attached hydrogen (secondary N) is 2. The molecule has 1 atom stereocenters. The van der Waals surface area contributed by atoms with Gasteiger partial charge in [-0.1, -0.05) is 30.3 Å². The Labute approximate surface area is 143 Å². The van der Waals surface area contributed by atoms with E-state index in [1.807, 2.05) is 19.1 Å². The smallest absolute Gasteiger partial charge is 0.240 e. The maximum absolute atomic E-state index is 12.5. The highest BCUT2D eigenvalue weighted by molar-refractivity contribution is 7.89. The van der Waals surface area contributed by atoms with Gasteiger partial charge in [0.1, 0.15) is 5.75 Å². The Bertz CT molecular complexity index is 805. The minimum Gasteiger partial charge on any atom is -0.494 e. The molecule has 0 bridgehead atoms. The zero-order valence-electron chi connectivity index (χ0n) is 13.7. The molecule has 2 aromatic carbocycles. The molecule has 1 heterocycles. The number of hydrogen-bond acceptors (Lipinski definition) is 4. The van der Waals surface area contributed by atoms with E-state index in [1.165, 1.54) is 5.56 Å². The van der Waals surface area contributed by atoms with Gasteiger partial charge in [0.2, 0.25) is 10.0 Å². The van der Waals surface area contributed by atoms with Crippen LogP contribution in [0.25, 0.3) is 0 Å². The molecule has 0 fully saturated rings. The van der Waals surface area contributed by atoms with Crippen molar-refractivity contribution in [3.8, 4) is 5.75 Å². The largest absolute Gasteiger partial charge is 0.494 e. The van der Waals surface area contributed by atoms with Crippen molar-refractivity contribution in [2.45, 2.75) is 24.3 Å². The summed E-state index contributed by atoms with van der Waals surface area (Å²) in [6.45, 7) is 3.53. The van der Waals surface area contributed by atoms with Gasteiger partial charge in [-0.2, -0.15) is 0 Å². The fraction of sp³-hybridized carbons (Fsp3) is 0.333. The normalized spacial score (nSPS) is 17.3. The van der Waals surface area contributed by atoms with Crippen molar-refractivity contribution >= 4 is 10.0 Å². The van der Waals surface area contributed by atoms with Gasteiger partial charge >= 0.3 is 0 Å². The van der Waals surface area contributed by atoms with Gasteiger partial charge in [-0.15, -0.1) is 0 Å². The lowest BCUT2D eigenvalue weighted by Gasteiger charge is -2.27. The van der Waals surface area contributed by atoms with E-state index in [0.717, 1.165) is 18.5 Å². The van der Waals surface area contributed by atoms with Crippen LogP contribution in [-0.2, 0) is 16.4 Å². The summed E-state index contributed by atoms with van der Waals surface area (Å²) >= 11 is 0. The van der Waals surface area contributed by atoms with Crippen LogP contribution in [0.4, 0.5) is 0 Å². The molecule has 0 amide bonds. The number of ether oxygens (including phenoxy) is 1. The van der Waals surface area contributed by atoms with E-state index >= 15 is 0 Å². The highest BCUT2D eigenvalue weighted by atomic mass is 32.2. The first kappa shape index (κ1) is 17.0. The summed E-state index contributed by atoms with van der Waals surface area (Å²) in [6, 6.07) is 14.7. The molecule has 0 aromatic heterocycles. The van der Waals surface area contributed by atoms with Crippen molar-refractivity contribution in [2.24, 2.45) is 0 Å². The Morgan fingerprint density at radius 1 is 1.21 bits per heavy atom. The molecule has 0 saturated heterocycles. The predicted molar refractivity (Wildman–Crippen MR) is 93.7 cm³/mol. The van der Waals surface area contributed by atoms with Crippen LogP contribution in [0, 0.1) is 0 Å². The Morgan fingerprint density at radius 3 is 2.88 bits per heavy atom. The lowest BCUT2D eigenvalue weighted by Crippen LogP contribution is -2.38. The van der Waals surface area contributed by atoms with Gasteiger partial charge in [0.25, 0.3) is 0 Å². The first-order valence-corrected chi connectivity index (χ1v) is 9.62. The fourth-order valence-electron chi connectivity index (χ4n) is 2.95. The molecule has 1 aliphatic heterocycles. The summed E-state index contributed by atoms with van der Waals surface area (Å²) < 4.78 is 33.2. The van der Waals surface area contributed by atoms with Gasteiger partial charge in [0.15, 0.2) is 0 Å². The minimum atomic E-state index is -3.57. The monoisotopic (exact) mass is 346 g/mol. The van der Waals surface area contributed by atoms with E-state index in [0.29, 0.717) is 18.9 Å². The Morgan fingerprint density at radius 2 is 2.04 bits per heavy atom. The van der Waals surface area contributed by atoms with Crippen LogP contribution in [0.3, 0.4) is 0 Å². The highest BCUT2D eigenvalue weighted by Crippen LogP contribution is 2.23. The van der Waals surface area contributed by atoms with E-state index in [2.05, 4.69) is 22.2 Å². The molecule has 24 heavy (non-hydrogen) atoms. The zero-order chi connectivity index (χ0) is 17.0. The molecule has 2 N–H and O–H groups in total. The number of benzene rings is 2. The number of fused-ring (bicyclic) bond motifs is 1. The quantitative estimate of drug-likeness (QED) is 0.842. The molecule has 1 aliphatic rings. The Kier molecular flexibility index (Phi) is 5.18. The molecule has 1 unspecified atom stereocenters. The first-order valence-electron chi connectivity index (χ1n) is 8.14. The lowest BCUT2D eigenvalue weighted by atomic mass is 9.95. The summed E-state index contributed by atoms with van der Waals surface area (Å²) in [5.74, 6) is 0.557. The summed E-state index contributed by atoms with van der Waals surface area (Å²) in [6.07, 6.45) is 0.968. The maximum Gasteiger partial charge on any atom is 0.240 e. The van der Waals surface area contributed by atoms with Crippen LogP contribution in [0.2, 0.25) is 0 Å². The summed E-state index contributed by atoms with van der Waals surface area (Å²) in [5.41, 5.74) is 2.44. The highest BCUT2D eigenvalue weighted by Gasteiger charge is 2.22. The average molecular weight is 346 g/mol. The number of sulfonamides is 1. The van der Waals surface area contributed by atoms with Crippen LogP contribution < -0.4 is 14.8 Å². The third-order valence-electron chi connectivity index (χ3n) is 4.12. The molecule has 128 valence electrons. The predicted octanol–water partition coefficient (Wildman–Crippen LogP) is 2.25. The maximum atomic E-state index is 12.5. The fourth-order valence-corrected chi connectivity index (χ4v) is 4.03. The molecule has 3 rings (SSSR count).